The van der Waals surface area contributed by atoms with Gasteiger partial charge in [-0.15, -0.1) is 0 Å². The lowest BCUT2D eigenvalue weighted by molar-refractivity contribution is 0.615. The highest BCUT2D eigenvalue weighted by Gasteiger charge is 1.99. The SMILES string of the molecule is ICCCCCNCc1cn2ccccc2n1. The molecule has 0 aliphatic carbocycles. The Bertz CT molecular complexity index is 420. The number of nitrogens with zero attached hydrogens (tertiary/aromatic N) is 2. The molecule has 0 spiro atoms. The third-order valence-electron chi connectivity index (χ3n) is 2.71. The summed E-state index contributed by atoms with van der Waals surface area (Å²) in [7, 11) is 0. The highest BCUT2D eigenvalue weighted by molar-refractivity contribution is 14.1. The molecule has 0 atom stereocenters. The number of nitrogens with one attached hydrogen (secondary N) is 1. The lowest BCUT2D eigenvalue weighted by Gasteiger charge is -2.01. The molecular weight excluding hydrogens is 325 g/mol. The first kappa shape index (κ1) is 12.8. The van der Waals surface area contributed by atoms with E-state index in [1.807, 2.05) is 24.4 Å². The third-order valence-corrected chi connectivity index (χ3v) is 3.47. The maximum absolute atomic E-state index is 4.55. The predicted molar refractivity (Wildman–Crippen MR) is 79.6 cm³/mol. The number of unbranched alkanes of at least 4 members (excludes halogenated alkanes) is 2. The fraction of sp³-hybridized carbons (Fsp3) is 0.462. The first-order valence-corrected chi connectivity index (χ1v) is 7.62. The van der Waals surface area contributed by atoms with Gasteiger partial charge in [0.05, 0.1) is 5.69 Å². The number of hydrogen-bond donors (Lipinski definition) is 1. The van der Waals surface area contributed by atoms with Crippen LogP contribution in [0, 0.1) is 0 Å². The molecule has 2 heterocycles. The molecule has 0 amide bonds. The van der Waals surface area contributed by atoms with Crippen molar-refractivity contribution in [2.45, 2.75) is 25.8 Å². The van der Waals surface area contributed by atoms with Crippen LogP contribution in [0.1, 0.15) is 25.0 Å². The fourth-order valence-corrected chi connectivity index (χ4v) is 2.35. The predicted octanol–water partition coefficient (Wildman–Crippen LogP) is 3.03. The average molecular weight is 343 g/mol. The van der Waals surface area contributed by atoms with E-state index in [2.05, 4.69) is 43.5 Å². The highest BCUT2D eigenvalue weighted by Crippen LogP contribution is 2.04. The van der Waals surface area contributed by atoms with Crippen LogP contribution in [0.25, 0.3) is 5.65 Å². The zero-order chi connectivity index (χ0) is 11.9. The van der Waals surface area contributed by atoms with Crippen LogP contribution in [-0.4, -0.2) is 20.4 Å². The molecule has 1 N–H and O–H groups in total. The van der Waals surface area contributed by atoms with Crippen molar-refractivity contribution in [3.63, 3.8) is 0 Å². The molecule has 17 heavy (non-hydrogen) atoms. The highest BCUT2D eigenvalue weighted by atomic mass is 127. The molecule has 2 rings (SSSR count). The summed E-state index contributed by atoms with van der Waals surface area (Å²) < 4.78 is 3.33. The summed E-state index contributed by atoms with van der Waals surface area (Å²) in [5, 5.41) is 3.44. The first-order chi connectivity index (χ1) is 8.40. The van der Waals surface area contributed by atoms with Crippen LogP contribution in [0.2, 0.25) is 0 Å². The maximum atomic E-state index is 4.55. The molecule has 2 aromatic rings. The number of fused-ring (bicyclic) bond motifs is 1. The summed E-state index contributed by atoms with van der Waals surface area (Å²) in [6.07, 6.45) is 8.04. The van der Waals surface area contributed by atoms with Crippen molar-refractivity contribution in [3.8, 4) is 0 Å². The van der Waals surface area contributed by atoms with E-state index in [0.29, 0.717) is 0 Å². The molecule has 0 aromatic carbocycles. The summed E-state index contributed by atoms with van der Waals surface area (Å²) in [5.74, 6) is 0. The van der Waals surface area contributed by atoms with E-state index in [-0.39, 0.29) is 0 Å². The summed E-state index contributed by atoms with van der Waals surface area (Å²) in [6, 6.07) is 6.07. The molecule has 0 unspecified atom stereocenters. The van der Waals surface area contributed by atoms with Gasteiger partial charge in [-0.05, 0) is 35.9 Å². The maximum Gasteiger partial charge on any atom is 0.137 e. The molecule has 0 saturated carbocycles. The van der Waals surface area contributed by atoms with Gasteiger partial charge < -0.3 is 9.72 Å². The van der Waals surface area contributed by atoms with Gasteiger partial charge in [0.15, 0.2) is 0 Å². The largest absolute Gasteiger partial charge is 0.311 e. The van der Waals surface area contributed by atoms with Crippen molar-refractivity contribution < 1.29 is 0 Å². The average Bonchev–Trinajstić information content (AvgIpc) is 2.76. The quantitative estimate of drug-likeness (QED) is 0.476. The monoisotopic (exact) mass is 343 g/mol. The van der Waals surface area contributed by atoms with Crippen LogP contribution in [0.4, 0.5) is 0 Å². The third kappa shape index (κ3) is 3.96. The van der Waals surface area contributed by atoms with Gasteiger partial charge in [-0.2, -0.15) is 0 Å². The molecule has 0 bridgehead atoms. The Hall–Kier alpha value is -0.620. The number of halogens is 1. The minimum Gasteiger partial charge on any atom is -0.311 e. The van der Waals surface area contributed by atoms with Crippen molar-refractivity contribution in [2.75, 3.05) is 11.0 Å². The molecular formula is C13H18IN3. The van der Waals surface area contributed by atoms with Gasteiger partial charge in [-0.3, -0.25) is 0 Å². The van der Waals surface area contributed by atoms with Crippen LogP contribution < -0.4 is 5.32 Å². The van der Waals surface area contributed by atoms with Crippen molar-refractivity contribution in [3.05, 3.63) is 36.3 Å². The Morgan fingerprint density at radius 1 is 1.24 bits per heavy atom. The Labute approximate surface area is 116 Å². The van der Waals surface area contributed by atoms with Gasteiger partial charge in [-0.1, -0.05) is 35.1 Å². The molecule has 0 radical (unpaired) electrons. The molecule has 0 aliphatic heterocycles. The Morgan fingerprint density at radius 3 is 3.00 bits per heavy atom. The Morgan fingerprint density at radius 2 is 2.18 bits per heavy atom. The van der Waals surface area contributed by atoms with Gasteiger partial charge in [0.1, 0.15) is 5.65 Å². The lowest BCUT2D eigenvalue weighted by atomic mass is 10.2. The van der Waals surface area contributed by atoms with Crippen molar-refractivity contribution in [2.24, 2.45) is 0 Å². The second-order valence-corrected chi connectivity index (χ2v) is 5.20. The molecule has 4 heteroatoms. The van der Waals surface area contributed by atoms with Crippen LogP contribution >= 0.6 is 22.6 Å². The van der Waals surface area contributed by atoms with Gasteiger partial charge in [0.25, 0.3) is 0 Å². The number of aromatic nitrogens is 2. The van der Waals surface area contributed by atoms with Crippen LogP contribution in [-0.2, 0) is 6.54 Å². The van der Waals surface area contributed by atoms with E-state index < -0.39 is 0 Å². The van der Waals surface area contributed by atoms with Gasteiger partial charge in [0.2, 0.25) is 0 Å². The van der Waals surface area contributed by atoms with E-state index in [0.717, 1.165) is 24.4 Å². The summed E-state index contributed by atoms with van der Waals surface area (Å²) >= 11 is 2.43. The van der Waals surface area contributed by atoms with E-state index in [9.17, 15) is 0 Å². The molecule has 0 fully saturated rings. The normalized spacial score (nSPS) is 11.1. The van der Waals surface area contributed by atoms with E-state index in [1.165, 1.54) is 23.7 Å². The number of hydrogen-bond acceptors (Lipinski definition) is 2. The minimum absolute atomic E-state index is 0.867. The number of imidazole rings is 1. The Balaban J connectivity index is 1.75. The van der Waals surface area contributed by atoms with Gasteiger partial charge in [0, 0.05) is 18.9 Å². The summed E-state index contributed by atoms with van der Waals surface area (Å²) in [4.78, 5) is 4.55. The smallest absolute Gasteiger partial charge is 0.137 e. The number of alkyl halides is 1. The van der Waals surface area contributed by atoms with Gasteiger partial charge in [-0.25, -0.2) is 4.98 Å². The lowest BCUT2D eigenvalue weighted by Crippen LogP contribution is -2.14. The second kappa shape index (κ2) is 6.96. The standard InChI is InChI=1S/C13H18IN3/c14-7-3-1-4-8-15-10-12-11-17-9-5-2-6-13(17)16-12/h2,5-6,9,11,15H,1,3-4,7-8,10H2. The molecule has 2 aromatic heterocycles. The molecule has 0 aliphatic rings. The molecule has 92 valence electrons. The van der Waals surface area contributed by atoms with E-state index in [1.54, 1.807) is 0 Å². The van der Waals surface area contributed by atoms with Crippen LogP contribution in [0.15, 0.2) is 30.6 Å². The first-order valence-electron chi connectivity index (χ1n) is 6.09. The minimum atomic E-state index is 0.867. The fourth-order valence-electron chi connectivity index (χ4n) is 1.81. The molecule has 3 nitrogen and oxygen atoms in total. The van der Waals surface area contributed by atoms with Crippen molar-refractivity contribution in [1.29, 1.82) is 0 Å². The summed E-state index contributed by atoms with van der Waals surface area (Å²) in [5.41, 5.74) is 2.14. The molecule has 0 saturated heterocycles. The zero-order valence-electron chi connectivity index (χ0n) is 9.90. The van der Waals surface area contributed by atoms with Crippen LogP contribution in [0.5, 0.6) is 0 Å². The summed E-state index contributed by atoms with van der Waals surface area (Å²) in [6.45, 7) is 1.95. The van der Waals surface area contributed by atoms with E-state index in [4.69, 9.17) is 0 Å². The van der Waals surface area contributed by atoms with Crippen molar-refractivity contribution in [1.82, 2.24) is 14.7 Å². The number of pyridine rings is 1. The second-order valence-electron chi connectivity index (χ2n) is 4.12. The van der Waals surface area contributed by atoms with Gasteiger partial charge >= 0.3 is 0 Å². The van der Waals surface area contributed by atoms with Crippen LogP contribution in [0.3, 0.4) is 0 Å². The topological polar surface area (TPSA) is 29.3 Å². The van der Waals surface area contributed by atoms with E-state index >= 15 is 0 Å². The zero-order valence-corrected chi connectivity index (χ0v) is 12.1. The number of rotatable bonds is 7. The Kier molecular flexibility index (Phi) is 5.25. The van der Waals surface area contributed by atoms with Crippen molar-refractivity contribution >= 4 is 28.2 Å².